The van der Waals surface area contributed by atoms with E-state index in [0.29, 0.717) is 0 Å². The lowest BCUT2D eigenvalue weighted by Crippen LogP contribution is -2.45. The predicted molar refractivity (Wildman–Crippen MR) is 51.0 cm³/mol. The number of nitriles is 1. The van der Waals surface area contributed by atoms with Crippen LogP contribution in [0.1, 0.15) is 20.8 Å². The predicted octanol–water partition coefficient (Wildman–Crippen LogP) is 0.356. The van der Waals surface area contributed by atoms with E-state index in [1.807, 2.05) is 26.8 Å². The second-order valence-electron chi connectivity index (χ2n) is 4.13. The molecular formula is C9H17N3O. The highest BCUT2D eigenvalue weighted by Gasteiger charge is 2.14. The summed E-state index contributed by atoms with van der Waals surface area (Å²) in [4.78, 5) is 12.9. The Morgan fingerprint density at radius 2 is 2.08 bits per heavy atom. The summed E-state index contributed by atoms with van der Waals surface area (Å²) < 4.78 is 0. The Balaban J connectivity index is 3.83. The minimum Gasteiger partial charge on any atom is -0.350 e. The summed E-state index contributed by atoms with van der Waals surface area (Å²) in [5, 5.41) is 11.2. The van der Waals surface area contributed by atoms with Gasteiger partial charge in [0.15, 0.2) is 0 Å². The monoisotopic (exact) mass is 183 g/mol. The fourth-order valence-corrected chi connectivity index (χ4v) is 0.880. The lowest BCUT2D eigenvalue weighted by Gasteiger charge is -2.22. The van der Waals surface area contributed by atoms with Gasteiger partial charge in [-0.15, -0.1) is 0 Å². The van der Waals surface area contributed by atoms with E-state index in [-0.39, 0.29) is 24.5 Å². The fraction of sp³-hybridized carbons (Fsp3) is 0.778. The first-order valence-corrected chi connectivity index (χ1v) is 4.21. The molecule has 74 valence electrons. The highest BCUT2D eigenvalue weighted by molar-refractivity contribution is 5.78. The second-order valence-corrected chi connectivity index (χ2v) is 4.13. The largest absolute Gasteiger partial charge is 0.350 e. The van der Waals surface area contributed by atoms with Crippen LogP contribution >= 0.6 is 0 Å². The molecule has 0 atom stereocenters. The maximum absolute atomic E-state index is 11.3. The van der Waals surface area contributed by atoms with Crippen LogP contribution in [-0.4, -0.2) is 36.5 Å². The van der Waals surface area contributed by atoms with Crippen LogP contribution in [-0.2, 0) is 4.79 Å². The van der Waals surface area contributed by atoms with Crippen molar-refractivity contribution in [2.75, 3.05) is 20.1 Å². The van der Waals surface area contributed by atoms with Crippen LogP contribution in [0.4, 0.5) is 0 Å². The molecule has 0 unspecified atom stereocenters. The summed E-state index contributed by atoms with van der Waals surface area (Å²) in [6.07, 6.45) is 0. The Labute approximate surface area is 79.5 Å². The topological polar surface area (TPSA) is 56.1 Å². The number of carbonyl (C=O) groups excluding carboxylic acids is 1. The van der Waals surface area contributed by atoms with Crippen molar-refractivity contribution < 1.29 is 4.79 Å². The molecular weight excluding hydrogens is 166 g/mol. The van der Waals surface area contributed by atoms with Crippen molar-refractivity contribution in [2.24, 2.45) is 0 Å². The average Bonchev–Trinajstić information content (AvgIpc) is 1.81. The average molecular weight is 183 g/mol. The van der Waals surface area contributed by atoms with Gasteiger partial charge in [-0.2, -0.15) is 5.26 Å². The summed E-state index contributed by atoms with van der Waals surface area (Å²) in [7, 11) is 1.74. The summed E-state index contributed by atoms with van der Waals surface area (Å²) in [6, 6.07) is 1.98. The molecule has 0 radical (unpaired) electrons. The van der Waals surface area contributed by atoms with Gasteiger partial charge < -0.3 is 5.32 Å². The molecule has 0 fully saturated rings. The Kier molecular flexibility index (Phi) is 4.43. The van der Waals surface area contributed by atoms with Crippen LogP contribution in [0.3, 0.4) is 0 Å². The zero-order chi connectivity index (χ0) is 10.5. The van der Waals surface area contributed by atoms with Crippen molar-refractivity contribution >= 4 is 5.91 Å². The van der Waals surface area contributed by atoms with E-state index in [1.165, 1.54) is 0 Å². The fourth-order valence-electron chi connectivity index (χ4n) is 0.880. The molecule has 0 aliphatic heterocycles. The van der Waals surface area contributed by atoms with Crippen LogP contribution < -0.4 is 5.32 Å². The number of nitrogens with zero attached hydrogens (tertiary/aromatic N) is 2. The number of carbonyl (C=O) groups is 1. The van der Waals surface area contributed by atoms with Crippen LogP contribution in [0.2, 0.25) is 0 Å². The second kappa shape index (κ2) is 4.83. The van der Waals surface area contributed by atoms with Crippen LogP contribution in [0.5, 0.6) is 0 Å². The van der Waals surface area contributed by atoms with E-state index in [1.54, 1.807) is 11.9 Å². The lowest BCUT2D eigenvalue weighted by atomic mass is 10.1. The zero-order valence-electron chi connectivity index (χ0n) is 8.72. The van der Waals surface area contributed by atoms with E-state index in [4.69, 9.17) is 5.26 Å². The molecule has 0 saturated heterocycles. The summed E-state index contributed by atoms with van der Waals surface area (Å²) in [5.41, 5.74) is -0.204. The maximum Gasteiger partial charge on any atom is 0.234 e. The summed E-state index contributed by atoms with van der Waals surface area (Å²) >= 11 is 0. The van der Waals surface area contributed by atoms with Gasteiger partial charge in [-0.05, 0) is 27.8 Å². The van der Waals surface area contributed by atoms with Crippen molar-refractivity contribution in [1.82, 2.24) is 10.2 Å². The number of rotatable bonds is 3. The quantitative estimate of drug-likeness (QED) is 0.643. The van der Waals surface area contributed by atoms with E-state index >= 15 is 0 Å². The molecule has 0 aliphatic carbocycles. The van der Waals surface area contributed by atoms with Crippen molar-refractivity contribution in [3.8, 4) is 6.07 Å². The molecule has 0 heterocycles. The van der Waals surface area contributed by atoms with Gasteiger partial charge in [0.2, 0.25) is 5.91 Å². The van der Waals surface area contributed by atoms with E-state index in [9.17, 15) is 4.79 Å². The molecule has 0 aromatic rings. The first kappa shape index (κ1) is 11.9. The first-order chi connectivity index (χ1) is 5.85. The number of nitrogens with one attached hydrogen (secondary N) is 1. The lowest BCUT2D eigenvalue weighted by molar-refractivity contribution is -0.123. The highest BCUT2D eigenvalue weighted by atomic mass is 16.2. The van der Waals surface area contributed by atoms with E-state index in [2.05, 4.69) is 5.32 Å². The molecule has 0 aromatic carbocycles. The third kappa shape index (κ3) is 7.29. The number of likely N-dealkylation sites (N-methyl/N-ethyl adjacent to an activating group) is 1. The molecule has 4 nitrogen and oxygen atoms in total. The Hall–Kier alpha value is -1.08. The summed E-state index contributed by atoms with van der Waals surface area (Å²) in [5.74, 6) is -0.0507. The van der Waals surface area contributed by atoms with Gasteiger partial charge in [-0.1, -0.05) is 0 Å². The highest BCUT2D eigenvalue weighted by Crippen LogP contribution is 1.97. The van der Waals surface area contributed by atoms with Crippen molar-refractivity contribution in [3.05, 3.63) is 0 Å². The van der Waals surface area contributed by atoms with Gasteiger partial charge in [0, 0.05) is 5.54 Å². The summed E-state index contributed by atoms with van der Waals surface area (Å²) in [6.45, 7) is 6.32. The van der Waals surface area contributed by atoms with E-state index in [0.717, 1.165) is 0 Å². The van der Waals surface area contributed by atoms with Crippen LogP contribution in [0, 0.1) is 11.3 Å². The molecule has 1 N–H and O–H groups in total. The SMILES string of the molecule is CN(CC#N)CC(=O)NC(C)(C)C. The normalized spacial score (nSPS) is 11.1. The molecule has 0 saturated carbocycles. The van der Waals surface area contributed by atoms with Gasteiger partial charge in [0.25, 0.3) is 0 Å². The van der Waals surface area contributed by atoms with Crippen molar-refractivity contribution in [2.45, 2.75) is 26.3 Å². The third-order valence-electron chi connectivity index (χ3n) is 1.27. The van der Waals surface area contributed by atoms with Gasteiger partial charge in [0.1, 0.15) is 0 Å². The standard InChI is InChI=1S/C9H17N3O/c1-9(2,3)11-8(13)7-12(4)6-5-10/h6-7H2,1-4H3,(H,11,13). The molecule has 0 rings (SSSR count). The smallest absolute Gasteiger partial charge is 0.234 e. The van der Waals surface area contributed by atoms with Gasteiger partial charge in [-0.3, -0.25) is 9.69 Å². The first-order valence-electron chi connectivity index (χ1n) is 4.21. The molecule has 0 spiro atoms. The molecule has 0 aromatic heterocycles. The van der Waals surface area contributed by atoms with Crippen molar-refractivity contribution in [1.29, 1.82) is 5.26 Å². The number of hydrogen-bond acceptors (Lipinski definition) is 3. The molecule has 0 bridgehead atoms. The Morgan fingerprint density at radius 1 is 1.54 bits per heavy atom. The van der Waals surface area contributed by atoms with Gasteiger partial charge >= 0.3 is 0 Å². The molecule has 4 heteroatoms. The van der Waals surface area contributed by atoms with Crippen LogP contribution in [0.15, 0.2) is 0 Å². The zero-order valence-corrected chi connectivity index (χ0v) is 8.72. The number of amides is 1. The minimum absolute atomic E-state index is 0.0507. The van der Waals surface area contributed by atoms with Crippen LogP contribution in [0.25, 0.3) is 0 Å². The van der Waals surface area contributed by atoms with Crippen molar-refractivity contribution in [3.63, 3.8) is 0 Å². The number of hydrogen-bond donors (Lipinski definition) is 1. The van der Waals surface area contributed by atoms with E-state index < -0.39 is 0 Å². The minimum atomic E-state index is -0.204. The Bertz CT molecular complexity index is 212. The maximum atomic E-state index is 11.3. The van der Waals surface area contributed by atoms with Gasteiger partial charge in [0.05, 0.1) is 19.2 Å². The molecule has 1 amide bonds. The van der Waals surface area contributed by atoms with Gasteiger partial charge in [-0.25, -0.2) is 0 Å². The third-order valence-corrected chi connectivity index (χ3v) is 1.27. The molecule has 0 aliphatic rings. The molecule has 13 heavy (non-hydrogen) atoms. The Morgan fingerprint density at radius 3 is 2.46 bits per heavy atom.